The molecule has 1 unspecified atom stereocenters. The first-order valence-corrected chi connectivity index (χ1v) is 7.16. The van der Waals surface area contributed by atoms with E-state index in [1.807, 2.05) is 6.20 Å². The van der Waals surface area contributed by atoms with Crippen molar-refractivity contribution in [2.45, 2.75) is 52.4 Å². The van der Waals surface area contributed by atoms with Crippen molar-refractivity contribution < 1.29 is 4.74 Å². The molecule has 0 bridgehead atoms. The molecule has 100 valence electrons. The van der Waals surface area contributed by atoms with Crippen molar-refractivity contribution in [3.05, 3.63) is 29.1 Å². The van der Waals surface area contributed by atoms with Gasteiger partial charge in [-0.05, 0) is 41.9 Å². The second kappa shape index (κ2) is 5.83. The van der Waals surface area contributed by atoms with Crippen LogP contribution in [0.3, 0.4) is 0 Å². The topological polar surface area (TPSA) is 22.1 Å². The summed E-state index contributed by atoms with van der Waals surface area (Å²) in [6.07, 6.45) is 4.23. The molecule has 0 saturated heterocycles. The monoisotopic (exact) mass is 247 g/mol. The summed E-state index contributed by atoms with van der Waals surface area (Å²) in [7, 11) is 0. The predicted octanol–water partition coefficient (Wildman–Crippen LogP) is 3.91. The van der Waals surface area contributed by atoms with E-state index in [9.17, 15) is 0 Å². The fourth-order valence-electron chi connectivity index (χ4n) is 2.82. The van der Waals surface area contributed by atoms with Crippen molar-refractivity contribution >= 4 is 0 Å². The minimum atomic E-state index is 0.487. The molecule has 1 aromatic rings. The molecule has 0 fully saturated rings. The molecule has 0 aliphatic carbocycles. The van der Waals surface area contributed by atoms with Crippen LogP contribution in [-0.2, 0) is 11.2 Å². The lowest BCUT2D eigenvalue weighted by Crippen LogP contribution is -2.22. The van der Waals surface area contributed by atoms with Gasteiger partial charge in [0, 0.05) is 24.4 Å². The van der Waals surface area contributed by atoms with Crippen LogP contribution in [0, 0.1) is 5.92 Å². The highest BCUT2D eigenvalue weighted by Gasteiger charge is 2.25. The van der Waals surface area contributed by atoms with Gasteiger partial charge >= 0.3 is 0 Å². The second-order valence-electron chi connectivity index (χ2n) is 5.95. The largest absolute Gasteiger partial charge is 0.381 e. The van der Waals surface area contributed by atoms with Crippen LogP contribution in [0.2, 0.25) is 0 Å². The molecular formula is C16H25NO. The van der Waals surface area contributed by atoms with Crippen LogP contribution < -0.4 is 0 Å². The van der Waals surface area contributed by atoms with Crippen LogP contribution in [0.4, 0.5) is 0 Å². The van der Waals surface area contributed by atoms with Crippen LogP contribution in [0.15, 0.2) is 12.3 Å². The van der Waals surface area contributed by atoms with Gasteiger partial charge < -0.3 is 4.74 Å². The summed E-state index contributed by atoms with van der Waals surface area (Å²) in [5, 5.41) is 0. The molecule has 0 radical (unpaired) electrons. The zero-order valence-electron chi connectivity index (χ0n) is 12.1. The maximum Gasteiger partial charge on any atom is 0.0537 e. The lowest BCUT2D eigenvalue weighted by Gasteiger charge is -2.29. The Kier molecular flexibility index (Phi) is 4.39. The number of nitrogens with zero attached hydrogens (tertiary/aromatic N) is 1. The molecule has 0 spiro atoms. The number of fused-ring (bicyclic) bond motifs is 1. The van der Waals surface area contributed by atoms with Gasteiger partial charge in [0.05, 0.1) is 6.61 Å². The Bertz CT molecular complexity index is 398. The molecule has 0 N–H and O–H groups in total. The summed E-state index contributed by atoms with van der Waals surface area (Å²) in [6.45, 7) is 10.8. The number of aryl methyl sites for hydroxylation is 1. The highest BCUT2D eigenvalue weighted by Crippen LogP contribution is 2.34. The molecule has 1 atom stereocenters. The first-order chi connectivity index (χ1) is 8.61. The zero-order valence-corrected chi connectivity index (χ0v) is 12.1. The minimum absolute atomic E-state index is 0.487. The molecule has 2 heteroatoms. The molecular weight excluding hydrogens is 222 g/mol. The van der Waals surface area contributed by atoms with E-state index in [0.29, 0.717) is 17.8 Å². The second-order valence-corrected chi connectivity index (χ2v) is 5.95. The Morgan fingerprint density at radius 3 is 2.72 bits per heavy atom. The third kappa shape index (κ3) is 2.74. The van der Waals surface area contributed by atoms with E-state index >= 15 is 0 Å². The van der Waals surface area contributed by atoms with E-state index in [-0.39, 0.29) is 0 Å². The number of hydrogen-bond acceptors (Lipinski definition) is 2. The van der Waals surface area contributed by atoms with Crippen LogP contribution in [0.1, 0.15) is 62.8 Å². The molecule has 2 heterocycles. The smallest absolute Gasteiger partial charge is 0.0537 e. The Hall–Kier alpha value is -0.890. The summed E-state index contributed by atoms with van der Waals surface area (Å²) >= 11 is 0. The molecule has 18 heavy (non-hydrogen) atoms. The summed E-state index contributed by atoms with van der Waals surface area (Å²) in [5.74, 6) is 1.58. The number of ether oxygens (including phenoxy) is 1. The van der Waals surface area contributed by atoms with Crippen LogP contribution in [0.25, 0.3) is 0 Å². The van der Waals surface area contributed by atoms with Crippen LogP contribution >= 0.6 is 0 Å². The van der Waals surface area contributed by atoms with Crippen molar-refractivity contribution in [1.82, 2.24) is 4.98 Å². The van der Waals surface area contributed by atoms with Crippen molar-refractivity contribution in [3.8, 4) is 0 Å². The highest BCUT2D eigenvalue weighted by atomic mass is 16.5. The van der Waals surface area contributed by atoms with E-state index in [1.165, 1.54) is 16.8 Å². The SMILES string of the molecule is CC(C)c1nccc2c1C(C(C)C)COCCC2. The molecule has 2 rings (SSSR count). The molecule has 0 aromatic carbocycles. The van der Waals surface area contributed by atoms with Gasteiger partial charge in [0.1, 0.15) is 0 Å². The standard InChI is InChI=1S/C16H25NO/c1-11(2)14-10-18-9-5-6-13-7-8-17-16(12(3)4)15(13)14/h7-8,11-12,14H,5-6,9-10H2,1-4H3. The van der Waals surface area contributed by atoms with E-state index in [0.717, 1.165) is 26.1 Å². The van der Waals surface area contributed by atoms with Gasteiger partial charge in [0.2, 0.25) is 0 Å². The van der Waals surface area contributed by atoms with Gasteiger partial charge in [-0.2, -0.15) is 0 Å². The average molecular weight is 247 g/mol. The minimum Gasteiger partial charge on any atom is -0.381 e. The molecule has 0 amide bonds. The van der Waals surface area contributed by atoms with Crippen molar-refractivity contribution in [3.63, 3.8) is 0 Å². The summed E-state index contributed by atoms with van der Waals surface area (Å²) in [5.41, 5.74) is 4.25. The van der Waals surface area contributed by atoms with E-state index < -0.39 is 0 Å². The van der Waals surface area contributed by atoms with Gasteiger partial charge in [0.25, 0.3) is 0 Å². The summed E-state index contributed by atoms with van der Waals surface area (Å²) in [6, 6.07) is 2.21. The van der Waals surface area contributed by atoms with E-state index in [1.54, 1.807) is 0 Å². The van der Waals surface area contributed by atoms with E-state index in [2.05, 4.69) is 38.7 Å². The Labute approximate surface area is 111 Å². The summed E-state index contributed by atoms with van der Waals surface area (Å²) in [4.78, 5) is 4.64. The van der Waals surface area contributed by atoms with Gasteiger partial charge in [-0.25, -0.2) is 0 Å². The van der Waals surface area contributed by atoms with Gasteiger partial charge in [-0.15, -0.1) is 0 Å². The quantitative estimate of drug-likeness (QED) is 0.790. The molecule has 1 aliphatic rings. The van der Waals surface area contributed by atoms with E-state index in [4.69, 9.17) is 4.74 Å². The maximum atomic E-state index is 5.81. The summed E-state index contributed by atoms with van der Waals surface area (Å²) < 4.78 is 5.81. The van der Waals surface area contributed by atoms with Crippen molar-refractivity contribution in [2.24, 2.45) is 5.92 Å². The number of aromatic nitrogens is 1. The Morgan fingerprint density at radius 2 is 2.06 bits per heavy atom. The van der Waals surface area contributed by atoms with Crippen LogP contribution in [-0.4, -0.2) is 18.2 Å². The first-order valence-electron chi connectivity index (χ1n) is 7.16. The lowest BCUT2D eigenvalue weighted by molar-refractivity contribution is 0.101. The average Bonchev–Trinajstić information content (AvgIpc) is 2.28. The predicted molar refractivity (Wildman–Crippen MR) is 75.0 cm³/mol. The zero-order chi connectivity index (χ0) is 13.1. The molecule has 0 saturated carbocycles. The normalized spacial score (nSPS) is 20.7. The van der Waals surface area contributed by atoms with Gasteiger partial charge in [-0.1, -0.05) is 27.7 Å². The van der Waals surface area contributed by atoms with Crippen molar-refractivity contribution in [2.75, 3.05) is 13.2 Å². The highest BCUT2D eigenvalue weighted by molar-refractivity contribution is 5.36. The number of pyridine rings is 1. The molecule has 1 aliphatic heterocycles. The third-order valence-corrected chi connectivity index (χ3v) is 3.87. The fourth-order valence-corrected chi connectivity index (χ4v) is 2.82. The molecule has 2 nitrogen and oxygen atoms in total. The third-order valence-electron chi connectivity index (χ3n) is 3.87. The number of rotatable bonds is 2. The molecule has 1 aromatic heterocycles. The number of hydrogen-bond donors (Lipinski definition) is 0. The maximum absolute atomic E-state index is 5.81. The van der Waals surface area contributed by atoms with Crippen LogP contribution in [0.5, 0.6) is 0 Å². The first kappa shape index (κ1) is 13.5. The Balaban J connectivity index is 2.51. The van der Waals surface area contributed by atoms with Gasteiger partial charge in [-0.3, -0.25) is 4.98 Å². The van der Waals surface area contributed by atoms with Crippen molar-refractivity contribution in [1.29, 1.82) is 0 Å². The van der Waals surface area contributed by atoms with Gasteiger partial charge in [0.15, 0.2) is 0 Å². The Morgan fingerprint density at radius 1 is 1.28 bits per heavy atom. The fraction of sp³-hybridized carbons (Fsp3) is 0.688. The lowest BCUT2D eigenvalue weighted by atomic mass is 9.81.